The first-order valence-electron chi connectivity index (χ1n) is 10.3. The number of nitrogens with zero attached hydrogens (tertiary/aromatic N) is 1. The number of hydrogen-bond acceptors (Lipinski definition) is 4. The number of hydrogen-bond donors (Lipinski definition) is 0. The fraction of sp³-hybridized carbons (Fsp3) is 0.280. The molecule has 0 spiro atoms. The zero-order valence-corrected chi connectivity index (χ0v) is 22.4. The molecule has 3 aromatic rings. The molecular formula is C25H24BrCl2NO3S. The molecule has 0 aliphatic carbocycles. The first kappa shape index (κ1) is 25.8. The van der Waals surface area contributed by atoms with E-state index in [0.717, 1.165) is 14.9 Å². The van der Waals surface area contributed by atoms with Crippen LogP contribution in [-0.2, 0) is 22.5 Å². The summed E-state index contributed by atoms with van der Waals surface area (Å²) in [5.74, 6) is -0.846. The molecule has 0 saturated heterocycles. The Kier molecular flexibility index (Phi) is 8.62. The molecule has 2 aromatic carbocycles. The molecule has 0 N–H and O–H groups in total. The van der Waals surface area contributed by atoms with Gasteiger partial charge in [-0.15, -0.1) is 11.3 Å². The van der Waals surface area contributed by atoms with Gasteiger partial charge in [0.05, 0.1) is 17.1 Å². The largest absolute Gasteiger partial charge is 0.458 e. The van der Waals surface area contributed by atoms with Crippen molar-refractivity contribution in [3.05, 3.63) is 90.5 Å². The summed E-state index contributed by atoms with van der Waals surface area (Å²) in [6, 6.07) is 15.3. The van der Waals surface area contributed by atoms with Gasteiger partial charge in [0.25, 0.3) is 5.91 Å². The van der Waals surface area contributed by atoms with Crippen molar-refractivity contribution in [2.75, 3.05) is 0 Å². The third-order valence-electron chi connectivity index (χ3n) is 4.75. The molecule has 0 fully saturated rings. The second-order valence-corrected chi connectivity index (χ2v) is 11.2. The predicted molar refractivity (Wildman–Crippen MR) is 138 cm³/mol. The summed E-state index contributed by atoms with van der Waals surface area (Å²) in [5.41, 5.74) is 0.483. The van der Waals surface area contributed by atoms with Crippen molar-refractivity contribution in [3.8, 4) is 0 Å². The Balaban J connectivity index is 2.07. The lowest BCUT2D eigenvalue weighted by molar-refractivity contribution is -0.160. The quantitative estimate of drug-likeness (QED) is 0.279. The average Bonchev–Trinajstić information content (AvgIpc) is 3.14. The van der Waals surface area contributed by atoms with E-state index in [4.69, 9.17) is 27.9 Å². The van der Waals surface area contributed by atoms with Crippen LogP contribution in [0.25, 0.3) is 0 Å². The van der Waals surface area contributed by atoms with Crippen LogP contribution in [0, 0.1) is 0 Å². The molecule has 0 bridgehead atoms. The number of rotatable bonds is 7. The lowest BCUT2D eigenvalue weighted by Crippen LogP contribution is -2.48. The highest BCUT2D eigenvalue weighted by molar-refractivity contribution is 9.10. The molecule has 1 atom stereocenters. The van der Waals surface area contributed by atoms with Crippen LogP contribution in [-0.4, -0.2) is 28.4 Å². The number of carbonyl (C=O) groups is 2. The molecule has 4 nitrogen and oxygen atoms in total. The van der Waals surface area contributed by atoms with E-state index in [9.17, 15) is 9.59 Å². The van der Waals surface area contributed by atoms with E-state index in [1.165, 1.54) is 22.3 Å². The van der Waals surface area contributed by atoms with Crippen molar-refractivity contribution in [2.24, 2.45) is 0 Å². The van der Waals surface area contributed by atoms with E-state index in [-0.39, 0.29) is 23.0 Å². The fourth-order valence-electron chi connectivity index (χ4n) is 3.26. The van der Waals surface area contributed by atoms with Crippen molar-refractivity contribution in [1.29, 1.82) is 0 Å². The first-order valence-corrected chi connectivity index (χ1v) is 12.7. The molecule has 3 rings (SSSR count). The predicted octanol–water partition coefficient (Wildman–Crippen LogP) is 7.41. The van der Waals surface area contributed by atoms with Gasteiger partial charge in [-0.3, -0.25) is 4.79 Å². The summed E-state index contributed by atoms with van der Waals surface area (Å²) < 4.78 is 6.61. The van der Waals surface area contributed by atoms with Crippen molar-refractivity contribution < 1.29 is 14.3 Å². The number of esters is 1. The van der Waals surface area contributed by atoms with E-state index >= 15 is 0 Å². The van der Waals surface area contributed by atoms with Crippen molar-refractivity contribution in [2.45, 2.75) is 45.4 Å². The fourth-order valence-corrected chi connectivity index (χ4v) is 5.23. The Morgan fingerprint density at radius 2 is 1.79 bits per heavy atom. The van der Waals surface area contributed by atoms with Crippen LogP contribution in [0.15, 0.2) is 64.5 Å². The van der Waals surface area contributed by atoms with Gasteiger partial charge in [-0.1, -0.05) is 53.5 Å². The lowest BCUT2D eigenvalue weighted by Gasteiger charge is -2.33. The molecule has 0 radical (unpaired) electrons. The monoisotopic (exact) mass is 567 g/mol. The summed E-state index contributed by atoms with van der Waals surface area (Å²) in [4.78, 5) is 29.7. The number of ether oxygens (including phenoxy) is 1. The molecule has 33 heavy (non-hydrogen) atoms. The topological polar surface area (TPSA) is 46.6 Å². The van der Waals surface area contributed by atoms with Gasteiger partial charge < -0.3 is 9.64 Å². The molecule has 8 heteroatoms. The van der Waals surface area contributed by atoms with Crippen LogP contribution in [0.5, 0.6) is 0 Å². The average molecular weight is 569 g/mol. The van der Waals surface area contributed by atoms with Crippen molar-refractivity contribution in [1.82, 2.24) is 4.90 Å². The maximum absolute atomic E-state index is 13.8. The number of benzene rings is 2. The van der Waals surface area contributed by atoms with E-state index in [0.29, 0.717) is 11.4 Å². The third-order valence-corrected chi connectivity index (χ3v) is 7.21. The van der Waals surface area contributed by atoms with Crippen LogP contribution in [0.1, 0.15) is 41.6 Å². The minimum absolute atomic E-state index is 0.215. The zero-order chi connectivity index (χ0) is 24.2. The van der Waals surface area contributed by atoms with Gasteiger partial charge in [0, 0.05) is 20.8 Å². The van der Waals surface area contributed by atoms with E-state index in [1.54, 1.807) is 12.1 Å². The van der Waals surface area contributed by atoms with E-state index < -0.39 is 17.6 Å². The zero-order valence-electron chi connectivity index (χ0n) is 18.5. The Labute approximate surface area is 216 Å². The van der Waals surface area contributed by atoms with Crippen LogP contribution >= 0.6 is 50.5 Å². The summed E-state index contributed by atoms with van der Waals surface area (Å²) in [6.45, 7) is 5.64. The Morgan fingerprint density at radius 3 is 2.36 bits per heavy atom. The van der Waals surface area contributed by atoms with Crippen LogP contribution in [0.3, 0.4) is 0 Å². The highest BCUT2D eigenvalue weighted by Gasteiger charge is 2.35. The minimum atomic E-state index is -0.861. The molecule has 0 saturated carbocycles. The van der Waals surface area contributed by atoms with Gasteiger partial charge in [0.2, 0.25) is 0 Å². The number of amides is 1. The number of halogens is 3. The molecule has 0 aliphatic rings. The van der Waals surface area contributed by atoms with Crippen LogP contribution < -0.4 is 0 Å². The highest BCUT2D eigenvalue weighted by atomic mass is 79.9. The van der Waals surface area contributed by atoms with Crippen LogP contribution in [0.4, 0.5) is 0 Å². The molecular weight excluding hydrogens is 545 g/mol. The standard InChI is InChI=1S/C25H24BrCl2NO3S/c1-25(2,3)32-24(31)21(13-16-7-5-4-6-8-16)29(15-22-19(26)11-12-33-22)23(30)18-10-9-17(27)14-20(18)28/h4-12,14,21H,13,15H2,1-3H3/t21-/m0/s1. The van der Waals surface area contributed by atoms with Crippen LogP contribution in [0.2, 0.25) is 10.0 Å². The van der Waals surface area contributed by atoms with Gasteiger partial charge in [-0.25, -0.2) is 4.79 Å². The van der Waals surface area contributed by atoms with Crippen molar-refractivity contribution in [3.63, 3.8) is 0 Å². The number of thiophene rings is 1. The normalized spacial score (nSPS) is 12.3. The second kappa shape index (κ2) is 11.0. The Hall–Kier alpha value is -1.86. The Bertz CT molecular complexity index is 1130. The SMILES string of the molecule is CC(C)(C)OC(=O)[C@H](Cc1ccccc1)N(Cc1sccc1Br)C(=O)c1ccc(Cl)cc1Cl. The molecule has 1 aromatic heterocycles. The van der Waals surface area contributed by atoms with Gasteiger partial charge in [0.15, 0.2) is 0 Å². The summed E-state index contributed by atoms with van der Waals surface area (Å²) >= 11 is 17.5. The Morgan fingerprint density at radius 1 is 1.09 bits per heavy atom. The molecule has 174 valence electrons. The number of carbonyl (C=O) groups excluding carboxylic acids is 2. The summed E-state index contributed by atoms with van der Waals surface area (Å²) in [6.07, 6.45) is 0.301. The lowest BCUT2D eigenvalue weighted by atomic mass is 10.0. The molecule has 1 heterocycles. The summed E-state index contributed by atoms with van der Waals surface area (Å²) in [5, 5.41) is 2.58. The third kappa shape index (κ3) is 7.06. The van der Waals surface area contributed by atoms with Crippen molar-refractivity contribution >= 4 is 62.3 Å². The van der Waals surface area contributed by atoms with Gasteiger partial charge in [0.1, 0.15) is 11.6 Å². The van der Waals surface area contributed by atoms with Gasteiger partial charge in [-0.2, -0.15) is 0 Å². The smallest absolute Gasteiger partial charge is 0.329 e. The maximum Gasteiger partial charge on any atom is 0.329 e. The first-order chi connectivity index (χ1) is 15.5. The molecule has 0 unspecified atom stereocenters. The maximum atomic E-state index is 13.8. The highest BCUT2D eigenvalue weighted by Crippen LogP contribution is 2.29. The molecule has 0 aliphatic heterocycles. The summed E-state index contributed by atoms with van der Waals surface area (Å²) in [7, 11) is 0. The van der Waals surface area contributed by atoms with E-state index in [1.807, 2.05) is 62.5 Å². The van der Waals surface area contributed by atoms with Gasteiger partial charge in [-0.05, 0) is 71.9 Å². The molecule has 1 amide bonds. The van der Waals surface area contributed by atoms with E-state index in [2.05, 4.69) is 15.9 Å². The minimum Gasteiger partial charge on any atom is -0.458 e. The van der Waals surface area contributed by atoms with Gasteiger partial charge >= 0.3 is 5.97 Å². The second-order valence-electron chi connectivity index (χ2n) is 8.49.